The average molecular weight is 361 g/mol. The lowest BCUT2D eigenvalue weighted by Gasteiger charge is -2.27. The van der Waals surface area contributed by atoms with Crippen molar-refractivity contribution in [2.24, 2.45) is 0 Å². The lowest BCUT2D eigenvalue weighted by molar-refractivity contribution is -0.384. The molecule has 2 aliphatic heterocycles. The summed E-state index contributed by atoms with van der Waals surface area (Å²) < 4.78 is 0. The van der Waals surface area contributed by atoms with Gasteiger partial charge < -0.3 is 20.4 Å². The predicted molar refractivity (Wildman–Crippen MR) is 101 cm³/mol. The first-order valence-corrected chi connectivity index (χ1v) is 9.40. The van der Waals surface area contributed by atoms with Crippen LogP contribution in [0.4, 0.5) is 11.4 Å². The summed E-state index contributed by atoms with van der Waals surface area (Å²) in [5.74, 6) is -0.249. The second-order valence-electron chi connectivity index (χ2n) is 6.86. The van der Waals surface area contributed by atoms with Gasteiger partial charge in [0.05, 0.1) is 4.92 Å². The first kappa shape index (κ1) is 18.6. The Morgan fingerprint density at radius 2 is 1.92 bits per heavy atom. The van der Waals surface area contributed by atoms with E-state index in [0.717, 1.165) is 65.1 Å². The van der Waals surface area contributed by atoms with Crippen LogP contribution in [0.3, 0.4) is 0 Å². The van der Waals surface area contributed by atoms with Crippen LogP contribution in [0.25, 0.3) is 0 Å². The van der Waals surface area contributed by atoms with Crippen molar-refractivity contribution < 1.29 is 9.72 Å². The first-order chi connectivity index (χ1) is 12.6. The van der Waals surface area contributed by atoms with E-state index in [1.54, 1.807) is 12.1 Å². The Hall–Kier alpha value is -2.19. The number of benzene rings is 1. The molecule has 0 aliphatic carbocycles. The second-order valence-corrected chi connectivity index (χ2v) is 6.86. The molecule has 0 saturated carbocycles. The fraction of sp³-hybridized carbons (Fsp3) is 0.611. The van der Waals surface area contributed by atoms with Gasteiger partial charge in [0.15, 0.2) is 0 Å². The minimum Gasteiger partial charge on any atom is -0.366 e. The molecule has 142 valence electrons. The average Bonchev–Trinajstić information content (AvgIpc) is 3.20. The third-order valence-corrected chi connectivity index (χ3v) is 5.03. The van der Waals surface area contributed by atoms with Crippen LogP contribution in [0.5, 0.6) is 0 Å². The minimum atomic E-state index is -0.394. The predicted octanol–water partition coefficient (Wildman–Crippen LogP) is 1.22. The summed E-state index contributed by atoms with van der Waals surface area (Å²) >= 11 is 0. The zero-order valence-electron chi connectivity index (χ0n) is 15.1. The smallest absolute Gasteiger partial charge is 0.293 e. The lowest BCUT2D eigenvalue weighted by atomic mass is 10.1. The summed E-state index contributed by atoms with van der Waals surface area (Å²) in [4.78, 5) is 27.8. The van der Waals surface area contributed by atoms with E-state index in [4.69, 9.17) is 0 Å². The monoisotopic (exact) mass is 361 g/mol. The summed E-state index contributed by atoms with van der Waals surface area (Å²) in [5.41, 5.74) is 0.977. The van der Waals surface area contributed by atoms with Crippen molar-refractivity contribution in [3.63, 3.8) is 0 Å². The number of carbonyl (C=O) groups excluding carboxylic acids is 1. The quantitative estimate of drug-likeness (QED) is 0.431. The van der Waals surface area contributed by atoms with E-state index in [2.05, 4.69) is 15.5 Å². The van der Waals surface area contributed by atoms with Crippen molar-refractivity contribution in [1.82, 2.24) is 15.5 Å². The van der Waals surface area contributed by atoms with Gasteiger partial charge >= 0.3 is 0 Å². The summed E-state index contributed by atoms with van der Waals surface area (Å²) in [6, 6.07) is 4.80. The normalized spacial score (nSPS) is 18.1. The highest BCUT2D eigenvalue weighted by atomic mass is 16.6. The van der Waals surface area contributed by atoms with Crippen molar-refractivity contribution in [3.05, 3.63) is 33.9 Å². The molecule has 1 aromatic rings. The molecule has 26 heavy (non-hydrogen) atoms. The topological polar surface area (TPSA) is 90.8 Å². The number of amides is 1. The molecule has 0 atom stereocenters. The van der Waals surface area contributed by atoms with Crippen LogP contribution in [0.15, 0.2) is 18.2 Å². The maximum Gasteiger partial charge on any atom is 0.293 e. The van der Waals surface area contributed by atoms with Crippen LogP contribution in [0.1, 0.15) is 29.6 Å². The zero-order valence-corrected chi connectivity index (χ0v) is 15.1. The van der Waals surface area contributed by atoms with Gasteiger partial charge in [-0.05, 0) is 37.9 Å². The number of hydrogen-bond donors (Lipinski definition) is 2. The van der Waals surface area contributed by atoms with Crippen LogP contribution in [-0.2, 0) is 0 Å². The van der Waals surface area contributed by atoms with E-state index in [9.17, 15) is 14.9 Å². The fourth-order valence-corrected chi connectivity index (χ4v) is 3.58. The Balaban J connectivity index is 1.54. The molecule has 2 aliphatic rings. The number of anilines is 1. The number of piperazine rings is 1. The Morgan fingerprint density at radius 3 is 2.62 bits per heavy atom. The van der Waals surface area contributed by atoms with E-state index < -0.39 is 4.92 Å². The fourth-order valence-electron chi connectivity index (χ4n) is 3.58. The zero-order chi connectivity index (χ0) is 18.4. The molecule has 8 nitrogen and oxygen atoms in total. The molecule has 2 saturated heterocycles. The molecule has 0 unspecified atom stereocenters. The number of rotatable bonds is 7. The van der Waals surface area contributed by atoms with Crippen molar-refractivity contribution in [1.29, 1.82) is 0 Å². The van der Waals surface area contributed by atoms with Gasteiger partial charge in [0.1, 0.15) is 5.69 Å². The molecule has 8 heteroatoms. The highest BCUT2D eigenvalue weighted by molar-refractivity contribution is 5.95. The van der Waals surface area contributed by atoms with Gasteiger partial charge in [-0.15, -0.1) is 0 Å². The molecular formula is C18H27N5O3. The molecule has 3 rings (SSSR count). The molecular weight excluding hydrogens is 334 g/mol. The van der Waals surface area contributed by atoms with Gasteiger partial charge in [-0.1, -0.05) is 0 Å². The maximum atomic E-state index is 12.3. The molecule has 0 radical (unpaired) electrons. The standard InChI is InChI=1S/C18H27N5O3/c24-18(20-6-3-9-21-12-7-19-8-13-21)15-4-5-16(17(14-15)23(25)26)22-10-1-2-11-22/h4-5,14,19H,1-3,6-13H2,(H,20,24). The number of hydrogen-bond acceptors (Lipinski definition) is 6. The molecule has 0 bridgehead atoms. The van der Waals surface area contributed by atoms with Gasteiger partial charge in [-0.2, -0.15) is 0 Å². The third kappa shape index (κ3) is 4.70. The Kier molecular flexibility index (Phi) is 6.40. The van der Waals surface area contributed by atoms with E-state index in [0.29, 0.717) is 17.8 Å². The van der Waals surface area contributed by atoms with Crippen LogP contribution in [0, 0.1) is 10.1 Å². The van der Waals surface area contributed by atoms with Gasteiger partial charge in [0, 0.05) is 57.4 Å². The van der Waals surface area contributed by atoms with Gasteiger partial charge in [0.25, 0.3) is 11.6 Å². The SMILES string of the molecule is O=C(NCCCN1CCNCC1)c1ccc(N2CCCC2)c([N+](=O)[O-])c1. The lowest BCUT2D eigenvalue weighted by Crippen LogP contribution is -2.44. The van der Waals surface area contributed by atoms with Gasteiger partial charge in [-0.3, -0.25) is 14.9 Å². The molecule has 2 heterocycles. The van der Waals surface area contributed by atoms with Crippen molar-refractivity contribution in [2.75, 3.05) is 57.3 Å². The van der Waals surface area contributed by atoms with Crippen LogP contribution >= 0.6 is 0 Å². The first-order valence-electron chi connectivity index (χ1n) is 9.40. The van der Waals surface area contributed by atoms with Gasteiger partial charge in [0.2, 0.25) is 0 Å². The largest absolute Gasteiger partial charge is 0.366 e. The van der Waals surface area contributed by atoms with Crippen LogP contribution in [0.2, 0.25) is 0 Å². The molecule has 2 fully saturated rings. The van der Waals surface area contributed by atoms with Crippen molar-refractivity contribution in [3.8, 4) is 0 Å². The number of nitro groups is 1. The summed E-state index contributed by atoms with van der Waals surface area (Å²) in [7, 11) is 0. The number of nitrogens with zero attached hydrogens (tertiary/aromatic N) is 3. The molecule has 1 aromatic carbocycles. The minimum absolute atomic E-state index is 0.0142. The highest BCUT2D eigenvalue weighted by Crippen LogP contribution is 2.31. The molecule has 2 N–H and O–H groups in total. The van der Waals surface area contributed by atoms with Crippen LogP contribution < -0.4 is 15.5 Å². The van der Waals surface area contributed by atoms with E-state index >= 15 is 0 Å². The Labute approximate surface area is 153 Å². The number of nitrogens with one attached hydrogen (secondary N) is 2. The van der Waals surface area contributed by atoms with Gasteiger partial charge in [-0.25, -0.2) is 0 Å². The van der Waals surface area contributed by atoms with E-state index in [-0.39, 0.29) is 11.6 Å². The Morgan fingerprint density at radius 1 is 1.19 bits per heavy atom. The molecule has 0 aromatic heterocycles. The van der Waals surface area contributed by atoms with Crippen LogP contribution in [-0.4, -0.2) is 68.1 Å². The van der Waals surface area contributed by atoms with Crippen molar-refractivity contribution in [2.45, 2.75) is 19.3 Å². The number of nitro benzene ring substituents is 1. The third-order valence-electron chi connectivity index (χ3n) is 5.03. The number of carbonyl (C=O) groups is 1. The summed E-state index contributed by atoms with van der Waals surface area (Å²) in [6.45, 7) is 7.30. The second kappa shape index (κ2) is 8.95. The van der Waals surface area contributed by atoms with E-state index in [1.807, 2.05) is 4.90 Å². The summed E-state index contributed by atoms with van der Waals surface area (Å²) in [6.07, 6.45) is 2.97. The molecule has 0 spiro atoms. The van der Waals surface area contributed by atoms with Crippen molar-refractivity contribution >= 4 is 17.3 Å². The molecule has 1 amide bonds. The Bertz CT molecular complexity index is 640. The highest BCUT2D eigenvalue weighted by Gasteiger charge is 2.23. The summed E-state index contributed by atoms with van der Waals surface area (Å²) in [5, 5.41) is 17.6. The van der Waals surface area contributed by atoms with E-state index in [1.165, 1.54) is 6.07 Å². The maximum absolute atomic E-state index is 12.3.